The summed E-state index contributed by atoms with van der Waals surface area (Å²) in [5.74, 6) is 0.624. The first-order chi connectivity index (χ1) is 8.54. The quantitative estimate of drug-likeness (QED) is 0.819. The van der Waals surface area contributed by atoms with Crippen LogP contribution in [-0.2, 0) is 7.05 Å². The lowest BCUT2D eigenvalue weighted by molar-refractivity contribution is 0.102. The van der Waals surface area contributed by atoms with Crippen LogP contribution in [-0.4, -0.2) is 22.7 Å². The molecule has 0 unspecified atom stereocenters. The monoisotopic (exact) mass is 308 g/mol. The van der Waals surface area contributed by atoms with Gasteiger partial charge in [0.1, 0.15) is 11.4 Å². The van der Waals surface area contributed by atoms with Crippen LogP contribution in [0.25, 0.3) is 0 Å². The molecule has 2 rings (SSSR count). The highest BCUT2D eigenvalue weighted by atomic mass is 79.9. The molecule has 0 saturated heterocycles. The third-order valence-corrected chi connectivity index (χ3v) is 3.36. The molecule has 18 heavy (non-hydrogen) atoms. The summed E-state index contributed by atoms with van der Waals surface area (Å²) in [6.07, 6.45) is 1.61. The van der Waals surface area contributed by atoms with Crippen molar-refractivity contribution in [2.45, 2.75) is 6.92 Å². The summed E-state index contributed by atoms with van der Waals surface area (Å²) < 4.78 is 7.47. The van der Waals surface area contributed by atoms with Gasteiger partial charge in [0.25, 0.3) is 0 Å². The average molecular weight is 309 g/mol. The van der Waals surface area contributed by atoms with Crippen LogP contribution in [0.15, 0.2) is 28.9 Å². The van der Waals surface area contributed by atoms with Crippen LogP contribution >= 0.6 is 15.9 Å². The van der Waals surface area contributed by atoms with Crippen LogP contribution < -0.4 is 4.74 Å². The van der Waals surface area contributed by atoms with Gasteiger partial charge in [0.15, 0.2) is 0 Å². The number of ether oxygens (including phenoxy) is 1. The fourth-order valence-electron chi connectivity index (χ4n) is 1.76. The molecule has 4 nitrogen and oxygen atoms in total. The Hall–Kier alpha value is -1.62. The summed E-state index contributed by atoms with van der Waals surface area (Å²) in [4.78, 5) is 12.4. The molecule has 2 aromatic rings. The lowest BCUT2D eigenvalue weighted by Gasteiger charge is -2.07. The van der Waals surface area contributed by atoms with Crippen molar-refractivity contribution in [2.24, 2.45) is 7.05 Å². The standard InChI is InChI=1S/C13H13BrN2O2/c1-8-4-5-9(6-11(8)18-3)13(17)12-10(14)7-15-16(12)2/h4-7H,1-3H3. The normalized spacial score (nSPS) is 10.4. The third kappa shape index (κ3) is 2.18. The van der Waals surface area contributed by atoms with E-state index < -0.39 is 0 Å². The molecule has 0 N–H and O–H groups in total. The first-order valence-corrected chi connectivity index (χ1v) is 6.20. The summed E-state index contributed by atoms with van der Waals surface area (Å²) in [5.41, 5.74) is 2.11. The number of rotatable bonds is 3. The molecule has 0 aliphatic heterocycles. The SMILES string of the molecule is COc1cc(C(=O)c2c(Br)cnn2C)ccc1C. The molecule has 0 radical (unpaired) electrons. The number of hydrogen-bond donors (Lipinski definition) is 0. The van der Waals surface area contributed by atoms with E-state index in [1.54, 1.807) is 37.2 Å². The zero-order chi connectivity index (χ0) is 13.3. The van der Waals surface area contributed by atoms with Crippen LogP contribution in [0.4, 0.5) is 0 Å². The van der Waals surface area contributed by atoms with E-state index >= 15 is 0 Å². The van der Waals surface area contributed by atoms with E-state index in [9.17, 15) is 4.79 Å². The summed E-state index contributed by atoms with van der Waals surface area (Å²) in [5, 5.41) is 4.04. The van der Waals surface area contributed by atoms with Crippen molar-refractivity contribution in [3.8, 4) is 5.75 Å². The maximum absolute atomic E-state index is 12.4. The lowest BCUT2D eigenvalue weighted by atomic mass is 10.1. The molecule has 0 spiro atoms. The molecule has 1 aromatic heterocycles. The molecule has 0 aliphatic rings. The summed E-state index contributed by atoms with van der Waals surface area (Å²) in [6.45, 7) is 1.94. The number of aryl methyl sites for hydroxylation is 2. The smallest absolute Gasteiger partial charge is 0.212 e. The van der Waals surface area contributed by atoms with Crippen molar-refractivity contribution < 1.29 is 9.53 Å². The Morgan fingerprint density at radius 2 is 2.17 bits per heavy atom. The van der Waals surface area contributed by atoms with Gasteiger partial charge in [-0.15, -0.1) is 0 Å². The molecular formula is C13H13BrN2O2. The van der Waals surface area contributed by atoms with Crippen molar-refractivity contribution in [1.82, 2.24) is 9.78 Å². The average Bonchev–Trinajstić information content (AvgIpc) is 2.69. The van der Waals surface area contributed by atoms with E-state index in [1.165, 1.54) is 0 Å². The number of carbonyl (C=O) groups excluding carboxylic acids is 1. The van der Waals surface area contributed by atoms with Gasteiger partial charge in [0, 0.05) is 12.6 Å². The Balaban J connectivity index is 2.47. The molecule has 0 fully saturated rings. The van der Waals surface area contributed by atoms with Crippen LogP contribution in [0.5, 0.6) is 5.75 Å². The van der Waals surface area contributed by atoms with Crippen molar-refractivity contribution in [3.63, 3.8) is 0 Å². The second kappa shape index (κ2) is 4.94. The van der Waals surface area contributed by atoms with Gasteiger partial charge in [-0.25, -0.2) is 0 Å². The van der Waals surface area contributed by atoms with Gasteiger partial charge < -0.3 is 4.74 Å². The highest BCUT2D eigenvalue weighted by Gasteiger charge is 2.18. The first-order valence-electron chi connectivity index (χ1n) is 5.41. The molecule has 1 heterocycles. The maximum Gasteiger partial charge on any atom is 0.212 e. The molecule has 1 aromatic carbocycles. The predicted molar refractivity (Wildman–Crippen MR) is 72.1 cm³/mol. The highest BCUT2D eigenvalue weighted by Crippen LogP contribution is 2.23. The third-order valence-electron chi connectivity index (χ3n) is 2.78. The minimum Gasteiger partial charge on any atom is -0.496 e. The van der Waals surface area contributed by atoms with Crippen molar-refractivity contribution in [1.29, 1.82) is 0 Å². The van der Waals surface area contributed by atoms with Gasteiger partial charge in [-0.05, 0) is 34.5 Å². The van der Waals surface area contributed by atoms with Crippen molar-refractivity contribution >= 4 is 21.7 Å². The minimum atomic E-state index is -0.0832. The topological polar surface area (TPSA) is 44.1 Å². The number of hydrogen-bond acceptors (Lipinski definition) is 3. The number of benzene rings is 1. The molecule has 5 heteroatoms. The number of methoxy groups -OCH3 is 1. The first kappa shape index (κ1) is 12.8. The number of aromatic nitrogens is 2. The fourth-order valence-corrected chi connectivity index (χ4v) is 2.29. The molecule has 0 bridgehead atoms. The number of ketones is 1. The van der Waals surface area contributed by atoms with Gasteiger partial charge >= 0.3 is 0 Å². The van der Waals surface area contributed by atoms with Crippen LogP contribution in [0.1, 0.15) is 21.6 Å². The second-order valence-electron chi connectivity index (χ2n) is 3.98. The molecule has 0 saturated carbocycles. The summed E-state index contributed by atoms with van der Waals surface area (Å²) in [6, 6.07) is 5.41. The van der Waals surface area contributed by atoms with Crippen LogP contribution in [0.2, 0.25) is 0 Å². The predicted octanol–water partition coefficient (Wildman–Crippen LogP) is 2.73. The Labute approximate surface area is 114 Å². The molecular weight excluding hydrogens is 296 g/mol. The van der Waals surface area contributed by atoms with E-state index in [2.05, 4.69) is 21.0 Å². The van der Waals surface area contributed by atoms with Gasteiger partial charge in [0.2, 0.25) is 5.78 Å². The highest BCUT2D eigenvalue weighted by molar-refractivity contribution is 9.10. The van der Waals surface area contributed by atoms with Crippen LogP contribution in [0, 0.1) is 6.92 Å². The Kier molecular flexibility index (Phi) is 3.52. The van der Waals surface area contributed by atoms with E-state index in [-0.39, 0.29) is 5.78 Å². The second-order valence-corrected chi connectivity index (χ2v) is 4.83. The zero-order valence-electron chi connectivity index (χ0n) is 10.4. The maximum atomic E-state index is 12.4. The van der Waals surface area contributed by atoms with Gasteiger partial charge in [-0.1, -0.05) is 12.1 Å². The van der Waals surface area contributed by atoms with Gasteiger partial charge in [-0.3, -0.25) is 9.48 Å². The molecule has 94 valence electrons. The number of halogens is 1. The van der Waals surface area contributed by atoms with E-state index in [4.69, 9.17) is 4.74 Å². The van der Waals surface area contributed by atoms with E-state index in [0.717, 1.165) is 5.56 Å². The van der Waals surface area contributed by atoms with Crippen molar-refractivity contribution in [3.05, 3.63) is 45.7 Å². The minimum absolute atomic E-state index is 0.0832. The van der Waals surface area contributed by atoms with Gasteiger partial charge in [-0.2, -0.15) is 5.10 Å². The summed E-state index contributed by atoms with van der Waals surface area (Å²) >= 11 is 3.33. The zero-order valence-corrected chi connectivity index (χ0v) is 12.0. The Morgan fingerprint density at radius 3 is 2.72 bits per heavy atom. The van der Waals surface area contributed by atoms with Crippen molar-refractivity contribution in [2.75, 3.05) is 7.11 Å². The molecule has 0 atom stereocenters. The number of nitrogens with zero attached hydrogens (tertiary/aromatic N) is 2. The summed E-state index contributed by atoms with van der Waals surface area (Å²) in [7, 11) is 3.33. The van der Waals surface area contributed by atoms with E-state index in [0.29, 0.717) is 21.5 Å². The fraction of sp³-hybridized carbons (Fsp3) is 0.231. The lowest BCUT2D eigenvalue weighted by Crippen LogP contribution is -2.09. The molecule has 0 amide bonds. The Bertz CT molecular complexity index is 586. The number of carbonyl (C=O) groups is 1. The van der Waals surface area contributed by atoms with E-state index in [1.807, 2.05) is 13.0 Å². The Morgan fingerprint density at radius 1 is 1.44 bits per heavy atom. The molecule has 0 aliphatic carbocycles. The largest absolute Gasteiger partial charge is 0.496 e. The van der Waals surface area contributed by atoms with Gasteiger partial charge in [0.05, 0.1) is 17.8 Å². The van der Waals surface area contributed by atoms with Crippen LogP contribution in [0.3, 0.4) is 0 Å².